The first-order chi connectivity index (χ1) is 7.90. The lowest BCUT2D eigenvalue weighted by Gasteiger charge is -2.32. The van der Waals surface area contributed by atoms with Crippen molar-refractivity contribution in [1.29, 1.82) is 0 Å². The van der Waals surface area contributed by atoms with E-state index in [4.69, 9.17) is 5.73 Å². The number of nitrogens with zero attached hydrogens (tertiary/aromatic N) is 3. The minimum atomic E-state index is 0.600. The molecule has 88 valence electrons. The van der Waals surface area contributed by atoms with Crippen LogP contribution in [-0.4, -0.2) is 42.2 Å². The lowest BCUT2D eigenvalue weighted by atomic mass is 10.1. The van der Waals surface area contributed by atoms with E-state index in [1.807, 2.05) is 6.07 Å². The van der Waals surface area contributed by atoms with E-state index < -0.39 is 0 Å². The van der Waals surface area contributed by atoms with Crippen LogP contribution in [0.1, 0.15) is 12.8 Å². The molecule has 3 N–H and O–H groups in total. The van der Waals surface area contributed by atoms with E-state index in [1.165, 1.54) is 0 Å². The number of nitrogens with one attached hydrogen (secondary N) is 1. The Labute approximate surface area is 96.1 Å². The van der Waals surface area contributed by atoms with Crippen molar-refractivity contribution < 1.29 is 0 Å². The maximum Gasteiger partial charge on any atom is 0.225 e. The molecule has 0 radical (unpaired) electrons. The Kier molecular flexibility index (Phi) is 4.07. The molecule has 1 fully saturated rings. The molecule has 0 spiro atoms. The summed E-state index contributed by atoms with van der Waals surface area (Å²) in [7, 11) is 0. The van der Waals surface area contributed by atoms with E-state index in [1.54, 1.807) is 12.4 Å². The molecule has 5 heteroatoms. The van der Waals surface area contributed by atoms with Gasteiger partial charge in [-0.05, 0) is 18.9 Å². The summed E-state index contributed by atoms with van der Waals surface area (Å²) in [6.45, 7) is 3.66. The van der Waals surface area contributed by atoms with Gasteiger partial charge < -0.3 is 16.0 Å². The minimum Gasteiger partial charge on any atom is -0.341 e. The second-order valence-electron chi connectivity index (χ2n) is 4.05. The second kappa shape index (κ2) is 5.77. The maximum absolute atomic E-state index is 5.47. The molecule has 0 atom stereocenters. The molecule has 2 heterocycles. The average Bonchev–Trinajstić information content (AvgIpc) is 2.38. The van der Waals surface area contributed by atoms with Crippen LogP contribution >= 0.6 is 0 Å². The van der Waals surface area contributed by atoms with Crippen molar-refractivity contribution in [1.82, 2.24) is 15.3 Å². The summed E-state index contributed by atoms with van der Waals surface area (Å²) in [5.74, 6) is 0.847. The highest BCUT2D eigenvalue weighted by molar-refractivity contribution is 5.29. The lowest BCUT2D eigenvalue weighted by molar-refractivity contribution is 0.417. The summed E-state index contributed by atoms with van der Waals surface area (Å²) in [5, 5.41) is 3.45. The third kappa shape index (κ3) is 2.90. The Morgan fingerprint density at radius 2 is 2.00 bits per heavy atom. The van der Waals surface area contributed by atoms with Crippen LogP contribution in [-0.2, 0) is 0 Å². The van der Waals surface area contributed by atoms with Gasteiger partial charge in [-0.1, -0.05) is 0 Å². The molecule has 1 aliphatic heterocycles. The molecular formula is C11H19N5. The molecule has 1 aromatic heterocycles. The predicted octanol–water partition coefficient (Wildman–Crippen LogP) is -0.00630. The first kappa shape index (κ1) is 11.3. The number of piperidine rings is 1. The van der Waals surface area contributed by atoms with E-state index in [-0.39, 0.29) is 0 Å². The molecule has 16 heavy (non-hydrogen) atoms. The van der Waals surface area contributed by atoms with Gasteiger partial charge in [-0.15, -0.1) is 0 Å². The van der Waals surface area contributed by atoms with Crippen molar-refractivity contribution in [2.24, 2.45) is 5.73 Å². The normalized spacial score (nSPS) is 17.7. The highest BCUT2D eigenvalue weighted by atomic mass is 15.3. The number of aromatic nitrogens is 2. The highest BCUT2D eigenvalue weighted by Crippen LogP contribution is 2.14. The summed E-state index contributed by atoms with van der Waals surface area (Å²) in [4.78, 5) is 10.8. The molecular weight excluding hydrogens is 202 g/mol. The molecule has 0 bridgehead atoms. The molecule has 0 aliphatic carbocycles. The number of hydrogen-bond acceptors (Lipinski definition) is 5. The fourth-order valence-corrected chi connectivity index (χ4v) is 2.03. The molecule has 0 saturated carbocycles. The Balaban J connectivity index is 1.81. The second-order valence-corrected chi connectivity index (χ2v) is 4.05. The summed E-state index contributed by atoms with van der Waals surface area (Å²) in [5.41, 5.74) is 5.47. The Bertz CT molecular complexity index is 295. The Morgan fingerprint density at radius 3 is 2.62 bits per heavy atom. The third-order valence-corrected chi connectivity index (χ3v) is 2.91. The van der Waals surface area contributed by atoms with Crippen LogP contribution in [0.4, 0.5) is 5.95 Å². The van der Waals surface area contributed by atoms with Gasteiger partial charge in [0.1, 0.15) is 0 Å². The molecule has 0 aromatic carbocycles. The van der Waals surface area contributed by atoms with Crippen LogP contribution in [0, 0.1) is 0 Å². The van der Waals surface area contributed by atoms with E-state index in [0.29, 0.717) is 12.6 Å². The zero-order valence-corrected chi connectivity index (χ0v) is 9.47. The summed E-state index contributed by atoms with van der Waals surface area (Å²) < 4.78 is 0. The zero-order chi connectivity index (χ0) is 11.2. The largest absolute Gasteiger partial charge is 0.341 e. The molecule has 1 aromatic rings. The van der Waals surface area contributed by atoms with Gasteiger partial charge in [0, 0.05) is 44.6 Å². The van der Waals surface area contributed by atoms with E-state index in [2.05, 4.69) is 20.2 Å². The van der Waals surface area contributed by atoms with Crippen molar-refractivity contribution in [2.75, 3.05) is 31.1 Å². The van der Waals surface area contributed by atoms with Crippen molar-refractivity contribution in [3.8, 4) is 0 Å². The number of nitrogens with two attached hydrogens (primary N) is 1. The number of anilines is 1. The van der Waals surface area contributed by atoms with Crippen LogP contribution in [0.2, 0.25) is 0 Å². The minimum absolute atomic E-state index is 0.600. The average molecular weight is 221 g/mol. The predicted molar refractivity (Wildman–Crippen MR) is 64.3 cm³/mol. The third-order valence-electron chi connectivity index (χ3n) is 2.91. The van der Waals surface area contributed by atoms with E-state index in [0.717, 1.165) is 38.4 Å². The smallest absolute Gasteiger partial charge is 0.225 e. The first-order valence-electron chi connectivity index (χ1n) is 5.85. The van der Waals surface area contributed by atoms with Crippen molar-refractivity contribution >= 4 is 5.95 Å². The summed E-state index contributed by atoms with van der Waals surface area (Å²) in [6.07, 6.45) is 5.86. The fraction of sp³-hybridized carbons (Fsp3) is 0.636. The van der Waals surface area contributed by atoms with Gasteiger partial charge in [0.2, 0.25) is 5.95 Å². The van der Waals surface area contributed by atoms with Gasteiger partial charge in [-0.2, -0.15) is 0 Å². The number of hydrogen-bond donors (Lipinski definition) is 2. The van der Waals surface area contributed by atoms with Crippen LogP contribution in [0.25, 0.3) is 0 Å². The molecule has 0 unspecified atom stereocenters. The topological polar surface area (TPSA) is 67.1 Å². The van der Waals surface area contributed by atoms with Crippen molar-refractivity contribution in [3.05, 3.63) is 18.5 Å². The van der Waals surface area contributed by atoms with Gasteiger partial charge in [-0.25, -0.2) is 9.97 Å². The number of rotatable bonds is 4. The molecule has 2 rings (SSSR count). The monoisotopic (exact) mass is 221 g/mol. The van der Waals surface area contributed by atoms with Crippen LogP contribution in [0.5, 0.6) is 0 Å². The van der Waals surface area contributed by atoms with Crippen LogP contribution < -0.4 is 16.0 Å². The van der Waals surface area contributed by atoms with E-state index in [9.17, 15) is 0 Å². The van der Waals surface area contributed by atoms with Crippen molar-refractivity contribution in [3.63, 3.8) is 0 Å². The van der Waals surface area contributed by atoms with Gasteiger partial charge in [-0.3, -0.25) is 0 Å². The molecule has 1 aliphatic rings. The van der Waals surface area contributed by atoms with Gasteiger partial charge >= 0.3 is 0 Å². The molecule has 1 saturated heterocycles. The molecule has 5 nitrogen and oxygen atoms in total. The van der Waals surface area contributed by atoms with E-state index >= 15 is 0 Å². The van der Waals surface area contributed by atoms with Crippen LogP contribution in [0.3, 0.4) is 0 Å². The summed E-state index contributed by atoms with van der Waals surface area (Å²) in [6, 6.07) is 2.45. The quantitative estimate of drug-likeness (QED) is 0.749. The van der Waals surface area contributed by atoms with Crippen molar-refractivity contribution in [2.45, 2.75) is 18.9 Å². The fourth-order valence-electron chi connectivity index (χ4n) is 2.03. The van der Waals surface area contributed by atoms with Gasteiger partial charge in [0.25, 0.3) is 0 Å². The zero-order valence-electron chi connectivity index (χ0n) is 9.47. The van der Waals surface area contributed by atoms with Gasteiger partial charge in [0.05, 0.1) is 0 Å². The highest BCUT2D eigenvalue weighted by Gasteiger charge is 2.19. The molecule has 0 amide bonds. The lowest BCUT2D eigenvalue weighted by Crippen LogP contribution is -2.44. The maximum atomic E-state index is 5.47. The summed E-state index contributed by atoms with van der Waals surface area (Å²) >= 11 is 0. The van der Waals surface area contributed by atoms with Gasteiger partial charge in [0.15, 0.2) is 0 Å². The standard InChI is InChI=1S/C11H19N5/c12-4-7-13-10-2-8-16(9-3-10)11-14-5-1-6-15-11/h1,5-6,10,13H,2-4,7-9,12H2. The first-order valence-corrected chi connectivity index (χ1v) is 5.85. The SMILES string of the molecule is NCCNC1CCN(c2ncccn2)CC1. The Morgan fingerprint density at radius 1 is 1.31 bits per heavy atom. The Hall–Kier alpha value is -1.20. The van der Waals surface area contributed by atoms with Crippen LogP contribution in [0.15, 0.2) is 18.5 Å².